The summed E-state index contributed by atoms with van der Waals surface area (Å²) < 4.78 is 10.1. The van der Waals surface area contributed by atoms with Crippen molar-refractivity contribution in [2.45, 2.75) is 26.2 Å². The molecule has 0 aromatic heterocycles. The molecule has 88 valence electrons. The SMILES string of the molecule is CC(=O)OCCOCCN1CCCCC1. The third kappa shape index (κ3) is 6.47. The molecule has 0 spiro atoms. The molecule has 0 aliphatic carbocycles. The number of likely N-dealkylation sites (tertiary alicyclic amines) is 1. The molecule has 0 aromatic rings. The zero-order chi connectivity index (χ0) is 10.9. The first-order chi connectivity index (χ1) is 7.29. The molecule has 15 heavy (non-hydrogen) atoms. The molecule has 1 aliphatic rings. The van der Waals surface area contributed by atoms with Crippen LogP contribution < -0.4 is 0 Å². The van der Waals surface area contributed by atoms with Gasteiger partial charge in [-0.15, -0.1) is 0 Å². The molecule has 1 fully saturated rings. The van der Waals surface area contributed by atoms with Crippen molar-refractivity contribution in [3.8, 4) is 0 Å². The summed E-state index contributed by atoms with van der Waals surface area (Å²) in [5, 5.41) is 0. The van der Waals surface area contributed by atoms with Crippen LogP contribution in [-0.4, -0.2) is 50.3 Å². The van der Waals surface area contributed by atoms with Crippen molar-refractivity contribution in [1.82, 2.24) is 4.90 Å². The predicted octanol–water partition coefficient (Wildman–Crippen LogP) is 1.05. The highest BCUT2D eigenvalue weighted by Crippen LogP contribution is 2.07. The molecule has 0 unspecified atom stereocenters. The van der Waals surface area contributed by atoms with E-state index in [0.717, 1.165) is 13.2 Å². The summed E-state index contributed by atoms with van der Waals surface area (Å²) in [6, 6.07) is 0. The molecule has 4 nitrogen and oxygen atoms in total. The topological polar surface area (TPSA) is 38.8 Å². The average Bonchev–Trinajstić information content (AvgIpc) is 2.24. The zero-order valence-corrected chi connectivity index (χ0v) is 9.54. The normalized spacial score (nSPS) is 17.7. The Bertz CT molecular complexity index is 179. The summed E-state index contributed by atoms with van der Waals surface area (Å²) in [5.41, 5.74) is 0. The minimum atomic E-state index is -0.241. The Labute approximate surface area is 91.5 Å². The van der Waals surface area contributed by atoms with Crippen molar-refractivity contribution in [3.63, 3.8) is 0 Å². The van der Waals surface area contributed by atoms with Crippen LogP contribution in [0.2, 0.25) is 0 Å². The molecule has 0 N–H and O–H groups in total. The highest BCUT2D eigenvalue weighted by Gasteiger charge is 2.08. The van der Waals surface area contributed by atoms with Gasteiger partial charge in [-0.05, 0) is 25.9 Å². The van der Waals surface area contributed by atoms with Gasteiger partial charge in [0.25, 0.3) is 0 Å². The number of hydrogen-bond donors (Lipinski definition) is 0. The minimum absolute atomic E-state index is 0.241. The molecule has 0 amide bonds. The highest BCUT2D eigenvalue weighted by atomic mass is 16.6. The summed E-state index contributed by atoms with van der Waals surface area (Å²) in [5.74, 6) is -0.241. The first-order valence-corrected chi connectivity index (χ1v) is 5.72. The maximum atomic E-state index is 10.4. The Kier molecular flexibility index (Phi) is 6.36. The molecule has 0 bridgehead atoms. The number of piperidine rings is 1. The smallest absolute Gasteiger partial charge is 0.302 e. The molecular weight excluding hydrogens is 194 g/mol. The van der Waals surface area contributed by atoms with Gasteiger partial charge in [-0.3, -0.25) is 4.79 Å². The summed E-state index contributed by atoms with van der Waals surface area (Å²) in [6.07, 6.45) is 3.99. The fraction of sp³-hybridized carbons (Fsp3) is 0.909. The fourth-order valence-corrected chi connectivity index (χ4v) is 1.72. The lowest BCUT2D eigenvalue weighted by molar-refractivity contribution is -0.142. The Morgan fingerprint density at radius 2 is 1.87 bits per heavy atom. The van der Waals surface area contributed by atoms with Crippen molar-refractivity contribution in [1.29, 1.82) is 0 Å². The number of rotatable bonds is 6. The van der Waals surface area contributed by atoms with Gasteiger partial charge < -0.3 is 14.4 Å². The number of nitrogens with zero attached hydrogens (tertiary/aromatic N) is 1. The van der Waals surface area contributed by atoms with Crippen LogP contribution in [-0.2, 0) is 14.3 Å². The van der Waals surface area contributed by atoms with E-state index >= 15 is 0 Å². The van der Waals surface area contributed by atoms with Crippen molar-refractivity contribution >= 4 is 5.97 Å². The quantitative estimate of drug-likeness (QED) is 0.490. The number of carbonyl (C=O) groups excluding carboxylic acids is 1. The van der Waals surface area contributed by atoms with Gasteiger partial charge in [-0.25, -0.2) is 0 Å². The van der Waals surface area contributed by atoms with Crippen LogP contribution in [0.25, 0.3) is 0 Å². The van der Waals surface area contributed by atoms with Crippen LogP contribution in [0, 0.1) is 0 Å². The van der Waals surface area contributed by atoms with Gasteiger partial charge in [0.2, 0.25) is 0 Å². The van der Waals surface area contributed by atoms with E-state index in [2.05, 4.69) is 4.90 Å². The van der Waals surface area contributed by atoms with Gasteiger partial charge in [0.15, 0.2) is 0 Å². The fourth-order valence-electron chi connectivity index (χ4n) is 1.72. The lowest BCUT2D eigenvalue weighted by Gasteiger charge is -2.26. The van der Waals surface area contributed by atoms with E-state index in [4.69, 9.17) is 9.47 Å². The predicted molar refractivity (Wildman–Crippen MR) is 57.7 cm³/mol. The van der Waals surface area contributed by atoms with Crippen molar-refractivity contribution < 1.29 is 14.3 Å². The number of esters is 1. The van der Waals surface area contributed by atoms with Crippen LogP contribution in [0.4, 0.5) is 0 Å². The summed E-state index contributed by atoms with van der Waals surface area (Å²) >= 11 is 0. The monoisotopic (exact) mass is 215 g/mol. The van der Waals surface area contributed by atoms with E-state index < -0.39 is 0 Å². The van der Waals surface area contributed by atoms with Gasteiger partial charge in [0.05, 0.1) is 13.2 Å². The van der Waals surface area contributed by atoms with Crippen LogP contribution in [0.5, 0.6) is 0 Å². The van der Waals surface area contributed by atoms with Crippen LogP contribution in [0.3, 0.4) is 0 Å². The lowest BCUT2D eigenvalue weighted by atomic mass is 10.1. The standard InChI is InChI=1S/C11H21NO3/c1-11(13)15-10-9-14-8-7-12-5-3-2-4-6-12/h2-10H2,1H3. The largest absolute Gasteiger partial charge is 0.463 e. The molecule has 0 radical (unpaired) electrons. The lowest BCUT2D eigenvalue weighted by Crippen LogP contribution is -2.32. The van der Waals surface area contributed by atoms with E-state index in [0.29, 0.717) is 13.2 Å². The molecule has 0 saturated carbocycles. The van der Waals surface area contributed by atoms with Crippen molar-refractivity contribution in [2.75, 3.05) is 39.5 Å². The molecule has 0 aromatic carbocycles. The van der Waals surface area contributed by atoms with Crippen LogP contribution >= 0.6 is 0 Å². The summed E-state index contributed by atoms with van der Waals surface area (Å²) in [7, 11) is 0. The van der Waals surface area contributed by atoms with E-state index in [1.54, 1.807) is 0 Å². The van der Waals surface area contributed by atoms with E-state index in [1.165, 1.54) is 39.3 Å². The van der Waals surface area contributed by atoms with Gasteiger partial charge in [0, 0.05) is 13.5 Å². The molecule has 1 aliphatic heterocycles. The molecule has 0 atom stereocenters. The Hall–Kier alpha value is -0.610. The van der Waals surface area contributed by atoms with Crippen LogP contribution in [0.15, 0.2) is 0 Å². The van der Waals surface area contributed by atoms with Gasteiger partial charge in [0.1, 0.15) is 6.61 Å². The highest BCUT2D eigenvalue weighted by molar-refractivity contribution is 5.65. The van der Waals surface area contributed by atoms with Crippen LogP contribution in [0.1, 0.15) is 26.2 Å². The van der Waals surface area contributed by atoms with Crippen molar-refractivity contribution in [2.24, 2.45) is 0 Å². The van der Waals surface area contributed by atoms with Gasteiger partial charge in [-0.2, -0.15) is 0 Å². The zero-order valence-electron chi connectivity index (χ0n) is 9.54. The van der Waals surface area contributed by atoms with E-state index in [9.17, 15) is 4.79 Å². The second-order valence-electron chi connectivity index (χ2n) is 3.85. The third-order valence-electron chi connectivity index (χ3n) is 2.53. The Morgan fingerprint density at radius 3 is 2.53 bits per heavy atom. The Balaban J connectivity index is 1.85. The average molecular weight is 215 g/mol. The number of ether oxygens (including phenoxy) is 2. The molecule has 1 rings (SSSR count). The number of hydrogen-bond acceptors (Lipinski definition) is 4. The first kappa shape index (κ1) is 12.5. The first-order valence-electron chi connectivity index (χ1n) is 5.72. The number of carbonyl (C=O) groups is 1. The van der Waals surface area contributed by atoms with Gasteiger partial charge >= 0.3 is 5.97 Å². The second kappa shape index (κ2) is 7.65. The summed E-state index contributed by atoms with van der Waals surface area (Å²) in [4.78, 5) is 12.9. The minimum Gasteiger partial charge on any atom is -0.463 e. The molecule has 4 heteroatoms. The van der Waals surface area contributed by atoms with Crippen molar-refractivity contribution in [3.05, 3.63) is 0 Å². The summed E-state index contributed by atoms with van der Waals surface area (Å²) in [6.45, 7) is 6.43. The van der Waals surface area contributed by atoms with E-state index in [1.807, 2.05) is 0 Å². The molecular formula is C11H21NO3. The van der Waals surface area contributed by atoms with E-state index in [-0.39, 0.29) is 5.97 Å². The second-order valence-corrected chi connectivity index (χ2v) is 3.85. The maximum Gasteiger partial charge on any atom is 0.302 e. The maximum absolute atomic E-state index is 10.4. The van der Waals surface area contributed by atoms with Gasteiger partial charge in [-0.1, -0.05) is 6.42 Å². The Morgan fingerprint density at radius 1 is 1.13 bits per heavy atom. The molecule has 1 heterocycles. The third-order valence-corrected chi connectivity index (χ3v) is 2.53. The molecule has 1 saturated heterocycles.